The number of hydrogen-bond donors (Lipinski definition) is 1. The summed E-state index contributed by atoms with van der Waals surface area (Å²) in [7, 11) is 0. The molecule has 1 N–H and O–H groups in total. The van der Waals surface area contributed by atoms with Gasteiger partial charge >= 0.3 is 6.03 Å². The van der Waals surface area contributed by atoms with Crippen molar-refractivity contribution in [2.75, 3.05) is 19.6 Å². The van der Waals surface area contributed by atoms with E-state index in [1.165, 1.54) is 12.1 Å². The van der Waals surface area contributed by atoms with Crippen LogP contribution in [0.1, 0.15) is 42.8 Å². The minimum atomic E-state index is -0.226. The summed E-state index contributed by atoms with van der Waals surface area (Å²) in [5.74, 6) is 1.02. The molecule has 0 bridgehead atoms. The predicted molar refractivity (Wildman–Crippen MR) is 95.1 cm³/mol. The third-order valence-corrected chi connectivity index (χ3v) is 4.71. The SMILES string of the molecule is CCCNC(=O)N1CCC(c2ncc(C)n2Cc2ccc(F)cc2)C1. The maximum absolute atomic E-state index is 13.1. The van der Waals surface area contributed by atoms with Crippen molar-refractivity contribution in [1.29, 1.82) is 0 Å². The third kappa shape index (κ3) is 4.00. The summed E-state index contributed by atoms with van der Waals surface area (Å²) in [5, 5.41) is 2.94. The van der Waals surface area contributed by atoms with E-state index in [9.17, 15) is 9.18 Å². The number of hydrogen-bond acceptors (Lipinski definition) is 2. The lowest BCUT2D eigenvalue weighted by atomic mass is 10.1. The Morgan fingerprint density at radius 1 is 1.36 bits per heavy atom. The molecule has 134 valence electrons. The molecule has 5 nitrogen and oxygen atoms in total. The molecule has 2 aromatic rings. The highest BCUT2D eigenvalue weighted by atomic mass is 19.1. The normalized spacial score (nSPS) is 17.1. The Hall–Kier alpha value is -2.37. The summed E-state index contributed by atoms with van der Waals surface area (Å²) in [4.78, 5) is 18.6. The maximum atomic E-state index is 13.1. The van der Waals surface area contributed by atoms with Crippen molar-refractivity contribution in [3.63, 3.8) is 0 Å². The third-order valence-electron chi connectivity index (χ3n) is 4.71. The van der Waals surface area contributed by atoms with Gasteiger partial charge in [0, 0.05) is 44.0 Å². The van der Waals surface area contributed by atoms with Gasteiger partial charge in [0.1, 0.15) is 11.6 Å². The Balaban J connectivity index is 1.71. The number of aryl methyl sites for hydroxylation is 1. The molecular weight excluding hydrogens is 319 g/mol. The van der Waals surface area contributed by atoms with E-state index in [1.54, 1.807) is 12.1 Å². The fraction of sp³-hybridized carbons (Fsp3) is 0.474. The molecule has 1 aliphatic heterocycles. The van der Waals surface area contributed by atoms with Crippen molar-refractivity contribution < 1.29 is 9.18 Å². The average molecular weight is 344 g/mol. The number of aromatic nitrogens is 2. The van der Waals surface area contributed by atoms with Gasteiger partial charge in [-0.1, -0.05) is 19.1 Å². The number of carbonyl (C=O) groups is 1. The zero-order chi connectivity index (χ0) is 17.8. The van der Waals surface area contributed by atoms with Gasteiger partial charge in [0.25, 0.3) is 0 Å². The Labute approximate surface area is 147 Å². The number of urea groups is 1. The van der Waals surface area contributed by atoms with E-state index in [2.05, 4.69) is 14.9 Å². The summed E-state index contributed by atoms with van der Waals surface area (Å²) >= 11 is 0. The van der Waals surface area contributed by atoms with Crippen molar-refractivity contribution in [2.24, 2.45) is 0 Å². The summed E-state index contributed by atoms with van der Waals surface area (Å²) in [6.07, 6.45) is 3.72. The first kappa shape index (κ1) is 17.5. The lowest BCUT2D eigenvalue weighted by Gasteiger charge is -2.18. The van der Waals surface area contributed by atoms with Crippen molar-refractivity contribution in [1.82, 2.24) is 19.8 Å². The number of nitrogens with zero attached hydrogens (tertiary/aromatic N) is 3. The highest BCUT2D eigenvalue weighted by molar-refractivity contribution is 5.74. The maximum Gasteiger partial charge on any atom is 0.317 e. The lowest BCUT2D eigenvalue weighted by Crippen LogP contribution is -2.38. The smallest absolute Gasteiger partial charge is 0.317 e. The molecule has 6 heteroatoms. The Morgan fingerprint density at radius 3 is 2.84 bits per heavy atom. The van der Waals surface area contributed by atoms with Crippen LogP contribution in [-0.4, -0.2) is 40.1 Å². The number of carbonyl (C=O) groups excluding carboxylic acids is 1. The molecule has 2 amide bonds. The van der Waals surface area contributed by atoms with Gasteiger partial charge in [0.15, 0.2) is 0 Å². The number of rotatable bonds is 5. The second-order valence-electron chi connectivity index (χ2n) is 6.63. The predicted octanol–water partition coefficient (Wildman–Crippen LogP) is 3.29. The van der Waals surface area contributed by atoms with Crippen LogP contribution in [0.4, 0.5) is 9.18 Å². The molecule has 3 rings (SSSR count). The fourth-order valence-corrected chi connectivity index (χ4v) is 3.28. The molecule has 2 heterocycles. The van der Waals surface area contributed by atoms with Gasteiger partial charge in [-0.3, -0.25) is 0 Å². The molecule has 1 fully saturated rings. The molecule has 1 aromatic heterocycles. The van der Waals surface area contributed by atoms with Crippen molar-refractivity contribution >= 4 is 6.03 Å². The van der Waals surface area contributed by atoms with Gasteiger partial charge in [-0.05, 0) is 37.5 Å². The summed E-state index contributed by atoms with van der Waals surface area (Å²) in [6.45, 7) is 6.89. The first-order chi connectivity index (χ1) is 12.1. The molecule has 0 saturated carbocycles. The van der Waals surface area contributed by atoms with Crippen LogP contribution in [0.2, 0.25) is 0 Å². The first-order valence-corrected chi connectivity index (χ1v) is 8.87. The van der Waals surface area contributed by atoms with Gasteiger partial charge in [0.05, 0.1) is 0 Å². The Bertz CT molecular complexity index is 726. The second-order valence-corrected chi connectivity index (χ2v) is 6.63. The standard InChI is InChI=1S/C19H25FN4O/c1-3-9-21-19(25)23-10-8-16(13-23)18-22-11-14(2)24(18)12-15-4-6-17(20)7-5-15/h4-7,11,16H,3,8-10,12-13H2,1-2H3,(H,21,25). The Kier molecular flexibility index (Phi) is 5.36. The minimum Gasteiger partial charge on any atom is -0.338 e. The highest BCUT2D eigenvalue weighted by Crippen LogP contribution is 2.27. The Morgan fingerprint density at radius 2 is 2.12 bits per heavy atom. The van der Waals surface area contributed by atoms with E-state index in [1.807, 2.05) is 24.9 Å². The van der Waals surface area contributed by atoms with Gasteiger partial charge in [-0.25, -0.2) is 14.2 Å². The quantitative estimate of drug-likeness (QED) is 0.905. The fourth-order valence-electron chi connectivity index (χ4n) is 3.28. The van der Waals surface area contributed by atoms with E-state index in [0.717, 1.165) is 36.5 Å². The van der Waals surface area contributed by atoms with Crippen LogP contribution >= 0.6 is 0 Å². The second kappa shape index (κ2) is 7.68. The monoisotopic (exact) mass is 344 g/mol. The zero-order valence-electron chi connectivity index (χ0n) is 14.8. The van der Waals surface area contributed by atoms with Crippen molar-refractivity contribution in [2.45, 2.75) is 39.2 Å². The molecular formula is C19H25FN4O. The van der Waals surface area contributed by atoms with E-state index in [0.29, 0.717) is 19.6 Å². The van der Waals surface area contributed by atoms with Crippen LogP contribution < -0.4 is 5.32 Å². The summed E-state index contributed by atoms with van der Waals surface area (Å²) in [6, 6.07) is 6.58. The van der Waals surface area contributed by atoms with E-state index >= 15 is 0 Å². The van der Waals surface area contributed by atoms with Crippen LogP contribution in [0, 0.1) is 12.7 Å². The zero-order valence-corrected chi connectivity index (χ0v) is 14.8. The number of halogens is 1. The van der Waals surface area contributed by atoms with Crippen LogP contribution in [0.3, 0.4) is 0 Å². The molecule has 0 radical (unpaired) electrons. The van der Waals surface area contributed by atoms with Crippen LogP contribution in [0.15, 0.2) is 30.5 Å². The molecule has 1 saturated heterocycles. The molecule has 0 spiro atoms. The molecule has 1 aliphatic rings. The number of benzene rings is 1. The number of nitrogens with one attached hydrogen (secondary N) is 1. The lowest BCUT2D eigenvalue weighted by molar-refractivity contribution is 0.208. The number of amides is 2. The van der Waals surface area contributed by atoms with Gasteiger partial charge in [-0.2, -0.15) is 0 Å². The molecule has 1 aromatic carbocycles. The minimum absolute atomic E-state index is 0.0118. The first-order valence-electron chi connectivity index (χ1n) is 8.87. The van der Waals surface area contributed by atoms with E-state index in [4.69, 9.17) is 0 Å². The van der Waals surface area contributed by atoms with Crippen LogP contribution in [-0.2, 0) is 6.54 Å². The largest absolute Gasteiger partial charge is 0.338 e. The van der Waals surface area contributed by atoms with E-state index in [-0.39, 0.29) is 17.8 Å². The van der Waals surface area contributed by atoms with Gasteiger partial charge in [0.2, 0.25) is 0 Å². The van der Waals surface area contributed by atoms with Crippen LogP contribution in [0.25, 0.3) is 0 Å². The average Bonchev–Trinajstić information content (AvgIpc) is 3.22. The molecule has 0 aliphatic carbocycles. The van der Waals surface area contributed by atoms with Crippen molar-refractivity contribution in [3.05, 3.63) is 53.4 Å². The topological polar surface area (TPSA) is 50.2 Å². The highest BCUT2D eigenvalue weighted by Gasteiger charge is 2.30. The van der Waals surface area contributed by atoms with Crippen molar-refractivity contribution in [3.8, 4) is 0 Å². The summed E-state index contributed by atoms with van der Waals surface area (Å²) < 4.78 is 15.3. The van der Waals surface area contributed by atoms with Gasteiger partial charge < -0.3 is 14.8 Å². The molecule has 1 unspecified atom stereocenters. The molecule has 25 heavy (non-hydrogen) atoms. The van der Waals surface area contributed by atoms with Gasteiger partial charge in [-0.15, -0.1) is 0 Å². The van der Waals surface area contributed by atoms with E-state index < -0.39 is 0 Å². The summed E-state index contributed by atoms with van der Waals surface area (Å²) in [5.41, 5.74) is 2.12. The number of imidazole rings is 1. The number of likely N-dealkylation sites (tertiary alicyclic amines) is 1. The molecule has 1 atom stereocenters. The van der Waals surface area contributed by atoms with Crippen LogP contribution in [0.5, 0.6) is 0 Å².